The van der Waals surface area contributed by atoms with Gasteiger partial charge < -0.3 is 20.5 Å². The van der Waals surface area contributed by atoms with Crippen LogP contribution in [-0.4, -0.2) is 48.8 Å². The lowest BCUT2D eigenvalue weighted by molar-refractivity contribution is -0.120. The first kappa shape index (κ1) is 15.1. The molecule has 1 heterocycles. The summed E-state index contributed by atoms with van der Waals surface area (Å²) in [5.74, 6) is -1.21. The van der Waals surface area contributed by atoms with Crippen molar-refractivity contribution in [2.45, 2.75) is 6.54 Å². The maximum absolute atomic E-state index is 11.4. The van der Waals surface area contributed by atoms with Crippen LogP contribution >= 0.6 is 0 Å². The van der Waals surface area contributed by atoms with Crippen LogP contribution in [0, 0.1) is 0 Å². The lowest BCUT2D eigenvalue weighted by atomic mass is 10.2. The highest BCUT2D eigenvalue weighted by Crippen LogP contribution is 2.04. The summed E-state index contributed by atoms with van der Waals surface area (Å²) in [4.78, 5) is 26.3. The van der Waals surface area contributed by atoms with E-state index in [9.17, 15) is 9.59 Å². The number of carboxylic acids is 1. The average molecular weight is 267 g/mol. The van der Waals surface area contributed by atoms with Gasteiger partial charge in [-0.15, -0.1) is 0 Å². The van der Waals surface area contributed by atoms with Crippen molar-refractivity contribution in [2.24, 2.45) is 0 Å². The molecule has 1 amide bonds. The van der Waals surface area contributed by atoms with Crippen molar-refractivity contribution in [1.29, 1.82) is 0 Å². The van der Waals surface area contributed by atoms with E-state index in [1.54, 1.807) is 13.2 Å². The zero-order valence-electron chi connectivity index (χ0n) is 10.7. The van der Waals surface area contributed by atoms with E-state index in [4.69, 9.17) is 9.84 Å². The molecule has 0 atom stereocenters. The molecule has 0 saturated heterocycles. The standard InChI is InChI=1S/C12H17N3O4/c1-19-6-5-15-11(16)8-13-7-10-9(12(17)18)3-2-4-14-10/h2-4,13H,5-8H2,1H3,(H,15,16)(H,17,18). The zero-order chi connectivity index (χ0) is 14.1. The largest absolute Gasteiger partial charge is 0.478 e. The van der Waals surface area contributed by atoms with Crippen LogP contribution < -0.4 is 10.6 Å². The third-order valence-corrected chi connectivity index (χ3v) is 2.33. The summed E-state index contributed by atoms with van der Waals surface area (Å²) in [6, 6.07) is 3.04. The van der Waals surface area contributed by atoms with E-state index in [2.05, 4.69) is 15.6 Å². The van der Waals surface area contributed by atoms with Crippen molar-refractivity contribution in [1.82, 2.24) is 15.6 Å². The summed E-state index contributed by atoms with van der Waals surface area (Å²) in [6.45, 7) is 1.22. The molecule has 1 aromatic heterocycles. The second kappa shape index (κ2) is 8.17. The zero-order valence-corrected chi connectivity index (χ0v) is 10.7. The smallest absolute Gasteiger partial charge is 0.337 e. The molecule has 0 unspecified atom stereocenters. The van der Waals surface area contributed by atoms with Crippen LogP contribution in [0.1, 0.15) is 16.1 Å². The Bertz CT molecular complexity index is 437. The first-order valence-electron chi connectivity index (χ1n) is 5.78. The highest BCUT2D eigenvalue weighted by Gasteiger charge is 2.10. The number of methoxy groups -OCH3 is 1. The number of ether oxygens (including phenoxy) is 1. The van der Waals surface area contributed by atoms with E-state index in [0.29, 0.717) is 18.8 Å². The molecule has 19 heavy (non-hydrogen) atoms. The fourth-order valence-electron chi connectivity index (χ4n) is 1.42. The molecule has 3 N–H and O–H groups in total. The predicted octanol–water partition coefficient (Wildman–Crippen LogP) is -0.368. The van der Waals surface area contributed by atoms with E-state index >= 15 is 0 Å². The number of aromatic carboxylic acids is 1. The monoisotopic (exact) mass is 267 g/mol. The molecule has 0 spiro atoms. The molecule has 0 radical (unpaired) electrons. The van der Waals surface area contributed by atoms with Crippen LogP contribution in [0.2, 0.25) is 0 Å². The Morgan fingerprint density at radius 2 is 2.26 bits per heavy atom. The number of amides is 1. The number of pyridine rings is 1. The number of hydrogen-bond acceptors (Lipinski definition) is 5. The number of nitrogens with zero attached hydrogens (tertiary/aromatic N) is 1. The molecule has 0 aliphatic heterocycles. The van der Waals surface area contributed by atoms with Crippen LogP contribution in [-0.2, 0) is 16.1 Å². The van der Waals surface area contributed by atoms with Gasteiger partial charge in [0, 0.05) is 26.4 Å². The lowest BCUT2D eigenvalue weighted by Gasteiger charge is -2.07. The Morgan fingerprint density at radius 1 is 1.47 bits per heavy atom. The quantitative estimate of drug-likeness (QED) is 0.556. The molecule has 7 nitrogen and oxygen atoms in total. The molecule has 0 bridgehead atoms. The maximum Gasteiger partial charge on any atom is 0.337 e. The van der Waals surface area contributed by atoms with Gasteiger partial charge in [-0.2, -0.15) is 0 Å². The molecule has 0 fully saturated rings. The second-order valence-corrected chi connectivity index (χ2v) is 3.75. The summed E-state index contributed by atoms with van der Waals surface area (Å²) in [7, 11) is 1.55. The number of carboxylic acid groups (broad SMARTS) is 1. The minimum absolute atomic E-state index is 0.0966. The fourth-order valence-corrected chi connectivity index (χ4v) is 1.42. The van der Waals surface area contributed by atoms with Gasteiger partial charge in [-0.25, -0.2) is 4.79 Å². The Morgan fingerprint density at radius 3 is 2.95 bits per heavy atom. The Balaban J connectivity index is 2.37. The van der Waals surface area contributed by atoms with Gasteiger partial charge in [0.15, 0.2) is 0 Å². The van der Waals surface area contributed by atoms with Crippen LogP contribution in [0.4, 0.5) is 0 Å². The van der Waals surface area contributed by atoms with E-state index < -0.39 is 5.97 Å². The Hall–Kier alpha value is -1.99. The summed E-state index contributed by atoms with van der Waals surface area (Å²) in [6.07, 6.45) is 1.52. The Kier molecular flexibility index (Phi) is 6.48. The van der Waals surface area contributed by atoms with E-state index in [1.165, 1.54) is 12.3 Å². The van der Waals surface area contributed by atoms with Crippen LogP contribution in [0.3, 0.4) is 0 Å². The van der Waals surface area contributed by atoms with Crippen LogP contribution in [0.5, 0.6) is 0 Å². The highest BCUT2D eigenvalue weighted by atomic mass is 16.5. The normalized spacial score (nSPS) is 10.2. The molecule has 1 rings (SSSR count). The number of carbonyl (C=O) groups excluding carboxylic acids is 1. The van der Waals surface area contributed by atoms with E-state index in [1.807, 2.05) is 0 Å². The summed E-state index contributed by atoms with van der Waals surface area (Å²) in [5.41, 5.74) is 0.537. The molecule has 0 aliphatic rings. The fraction of sp³-hybridized carbons (Fsp3) is 0.417. The number of aromatic nitrogens is 1. The van der Waals surface area contributed by atoms with Gasteiger partial charge in [-0.1, -0.05) is 0 Å². The van der Waals surface area contributed by atoms with Crippen molar-refractivity contribution in [3.05, 3.63) is 29.6 Å². The van der Waals surface area contributed by atoms with Gasteiger partial charge >= 0.3 is 5.97 Å². The number of hydrogen-bond donors (Lipinski definition) is 3. The minimum Gasteiger partial charge on any atom is -0.478 e. The number of carbonyl (C=O) groups is 2. The summed E-state index contributed by atoms with van der Waals surface area (Å²) < 4.78 is 4.80. The van der Waals surface area contributed by atoms with E-state index in [-0.39, 0.29) is 24.6 Å². The van der Waals surface area contributed by atoms with Crippen molar-refractivity contribution in [3.63, 3.8) is 0 Å². The van der Waals surface area contributed by atoms with Crippen molar-refractivity contribution >= 4 is 11.9 Å². The highest BCUT2D eigenvalue weighted by molar-refractivity contribution is 5.88. The van der Waals surface area contributed by atoms with E-state index in [0.717, 1.165) is 0 Å². The van der Waals surface area contributed by atoms with Gasteiger partial charge in [0.1, 0.15) is 0 Å². The second-order valence-electron chi connectivity index (χ2n) is 3.75. The van der Waals surface area contributed by atoms with Crippen LogP contribution in [0.15, 0.2) is 18.3 Å². The molecule has 0 saturated carbocycles. The third kappa shape index (κ3) is 5.45. The summed E-state index contributed by atoms with van der Waals surface area (Å²) >= 11 is 0. The number of nitrogens with one attached hydrogen (secondary N) is 2. The van der Waals surface area contributed by atoms with Gasteiger partial charge in [0.2, 0.25) is 5.91 Å². The predicted molar refractivity (Wildman–Crippen MR) is 67.8 cm³/mol. The molecule has 1 aromatic rings. The molecule has 7 heteroatoms. The van der Waals surface area contributed by atoms with Crippen LogP contribution in [0.25, 0.3) is 0 Å². The average Bonchev–Trinajstić information content (AvgIpc) is 2.39. The molecular weight excluding hydrogens is 250 g/mol. The lowest BCUT2D eigenvalue weighted by Crippen LogP contribution is -2.35. The van der Waals surface area contributed by atoms with Gasteiger partial charge in [-0.05, 0) is 12.1 Å². The Labute approximate surface area is 111 Å². The topological polar surface area (TPSA) is 101 Å². The molecular formula is C12H17N3O4. The third-order valence-electron chi connectivity index (χ3n) is 2.33. The number of rotatable bonds is 8. The van der Waals surface area contributed by atoms with Crippen molar-refractivity contribution in [3.8, 4) is 0 Å². The molecule has 104 valence electrons. The van der Waals surface area contributed by atoms with Crippen molar-refractivity contribution in [2.75, 3.05) is 26.8 Å². The minimum atomic E-state index is -1.03. The first-order valence-corrected chi connectivity index (χ1v) is 5.78. The van der Waals surface area contributed by atoms with Gasteiger partial charge in [0.25, 0.3) is 0 Å². The molecule has 0 aromatic carbocycles. The van der Waals surface area contributed by atoms with Gasteiger partial charge in [-0.3, -0.25) is 9.78 Å². The SMILES string of the molecule is COCCNC(=O)CNCc1ncccc1C(=O)O. The van der Waals surface area contributed by atoms with Crippen molar-refractivity contribution < 1.29 is 19.4 Å². The molecule has 0 aliphatic carbocycles. The van der Waals surface area contributed by atoms with Gasteiger partial charge in [0.05, 0.1) is 24.4 Å². The first-order chi connectivity index (χ1) is 9.15. The summed E-state index contributed by atoms with van der Waals surface area (Å²) in [5, 5.41) is 14.4. The maximum atomic E-state index is 11.4.